The van der Waals surface area contributed by atoms with Crippen molar-refractivity contribution in [2.24, 2.45) is 0 Å². The Morgan fingerprint density at radius 1 is 0.429 bits per heavy atom. The van der Waals surface area contributed by atoms with Crippen LogP contribution >= 0.6 is 0 Å². The zero-order valence-electron chi connectivity index (χ0n) is 27.2. The summed E-state index contributed by atoms with van der Waals surface area (Å²) < 4.78 is 4.84. The number of hydrogen-bond acceptors (Lipinski definition) is 2. The predicted octanol–water partition coefficient (Wildman–Crippen LogP) is 11.2. The van der Waals surface area contributed by atoms with Gasteiger partial charge in [0.1, 0.15) is 0 Å². The minimum absolute atomic E-state index is 0.105. The third-order valence-corrected chi connectivity index (χ3v) is 10.5. The Bertz CT molecular complexity index is 2650. The molecule has 0 fully saturated rings. The Balaban J connectivity index is 1.16. The zero-order chi connectivity index (χ0) is 32.5. The van der Waals surface area contributed by atoms with Crippen LogP contribution in [0, 0.1) is 0 Å². The lowest BCUT2D eigenvalue weighted by molar-refractivity contribution is 0.560. The van der Waals surface area contributed by atoms with E-state index < -0.39 is 0 Å². The molecule has 1 aliphatic heterocycles. The normalized spacial score (nSPS) is 16.0. The first-order valence-corrected chi connectivity index (χ1v) is 17.0. The van der Waals surface area contributed by atoms with Gasteiger partial charge in [0, 0.05) is 40.0 Å². The lowest BCUT2D eigenvalue weighted by atomic mass is 9.89. The molecule has 0 radical (unpaired) electrons. The van der Waals surface area contributed by atoms with E-state index in [2.05, 4.69) is 196 Å². The number of benzene rings is 7. The summed E-state index contributed by atoms with van der Waals surface area (Å²) in [4.78, 5) is 2.43. The van der Waals surface area contributed by atoms with Crippen LogP contribution in [0.25, 0.3) is 55.0 Å². The molecule has 49 heavy (non-hydrogen) atoms. The van der Waals surface area contributed by atoms with Gasteiger partial charge in [0.05, 0.1) is 45.5 Å². The molecule has 0 aliphatic carbocycles. The van der Waals surface area contributed by atoms with E-state index in [9.17, 15) is 0 Å². The van der Waals surface area contributed by atoms with Crippen molar-refractivity contribution in [1.29, 1.82) is 0 Å². The summed E-state index contributed by atoms with van der Waals surface area (Å²) in [6, 6.07) is 62.0. The first-order valence-electron chi connectivity index (χ1n) is 17.0. The fourth-order valence-electron chi connectivity index (χ4n) is 8.25. The van der Waals surface area contributed by atoms with E-state index in [-0.39, 0.29) is 12.1 Å². The molecule has 1 aliphatic rings. The van der Waals surface area contributed by atoms with Crippen LogP contribution in [0.15, 0.2) is 170 Å². The summed E-state index contributed by atoms with van der Waals surface area (Å²) in [7, 11) is 2.22. The standard InChI is InChI=1S/C45H34N4/c1-47-41-23-13-10-20-38(41)46-44(30-14-4-2-5-15-30)45(47)31-24-26-33(27-25-31)49-40-22-12-9-19-35(40)37-28-36-34-18-8-11-21-39(34)48(42(36)29-43(37)49)32-16-6-3-7-17-32/h2-29,44-46H,1H3. The molecule has 9 aromatic rings. The number of nitrogens with zero attached hydrogens (tertiary/aromatic N) is 3. The van der Waals surface area contributed by atoms with E-state index >= 15 is 0 Å². The number of anilines is 2. The topological polar surface area (TPSA) is 25.1 Å². The molecule has 10 rings (SSSR count). The largest absolute Gasteiger partial charge is 0.374 e. The van der Waals surface area contributed by atoms with E-state index in [1.807, 2.05) is 0 Å². The molecule has 0 amide bonds. The number of fused-ring (bicyclic) bond motifs is 7. The van der Waals surface area contributed by atoms with Crippen molar-refractivity contribution in [1.82, 2.24) is 9.13 Å². The zero-order valence-corrected chi connectivity index (χ0v) is 27.2. The molecule has 0 saturated carbocycles. The van der Waals surface area contributed by atoms with E-state index in [0.29, 0.717) is 0 Å². The highest BCUT2D eigenvalue weighted by molar-refractivity contribution is 6.19. The molecule has 4 heteroatoms. The van der Waals surface area contributed by atoms with Crippen LogP contribution in [0.5, 0.6) is 0 Å². The Kier molecular flexibility index (Phi) is 6.18. The first-order chi connectivity index (χ1) is 24.2. The second kappa shape index (κ2) is 10.9. The average Bonchev–Trinajstić information content (AvgIpc) is 3.67. The van der Waals surface area contributed by atoms with Gasteiger partial charge in [-0.05, 0) is 71.8 Å². The molecular weight excluding hydrogens is 597 g/mol. The molecular formula is C45H34N4. The Labute approximate surface area is 285 Å². The molecule has 2 unspecified atom stereocenters. The quantitative estimate of drug-likeness (QED) is 0.209. The highest BCUT2D eigenvalue weighted by Gasteiger charge is 2.34. The van der Waals surface area contributed by atoms with Gasteiger partial charge in [0.2, 0.25) is 0 Å². The summed E-state index contributed by atoms with van der Waals surface area (Å²) >= 11 is 0. The van der Waals surface area contributed by atoms with Crippen LogP contribution in [0.1, 0.15) is 23.2 Å². The summed E-state index contributed by atoms with van der Waals surface area (Å²) in [6.45, 7) is 0. The highest BCUT2D eigenvalue weighted by atomic mass is 15.2. The third kappa shape index (κ3) is 4.24. The molecule has 2 atom stereocenters. The molecule has 3 heterocycles. The summed E-state index contributed by atoms with van der Waals surface area (Å²) in [5.74, 6) is 0. The molecule has 2 aromatic heterocycles. The minimum atomic E-state index is 0.105. The van der Waals surface area contributed by atoms with Gasteiger partial charge in [-0.25, -0.2) is 0 Å². The van der Waals surface area contributed by atoms with Crippen LogP contribution in [0.2, 0.25) is 0 Å². The van der Waals surface area contributed by atoms with Gasteiger partial charge in [0.15, 0.2) is 0 Å². The third-order valence-electron chi connectivity index (χ3n) is 10.5. The van der Waals surface area contributed by atoms with E-state index in [1.54, 1.807) is 0 Å². The van der Waals surface area contributed by atoms with Crippen LogP contribution < -0.4 is 10.2 Å². The molecule has 234 valence electrons. The number of hydrogen-bond donors (Lipinski definition) is 1. The van der Waals surface area contributed by atoms with Gasteiger partial charge in [-0.15, -0.1) is 0 Å². The van der Waals surface area contributed by atoms with Crippen molar-refractivity contribution in [2.45, 2.75) is 12.1 Å². The molecule has 0 bridgehead atoms. The van der Waals surface area contributed by atoms with Gasteiger partial charge in [0.25, 0.3) is 0 Å². The minimum Gasteiger partial charge on any atom is -0.374 e. The summed E-state index contributed by atoms with van der Waals surface area (Å²) in [5.41, 5.74) is 12.1. The smallest absolute Gasteiger partial charge is 0.0783 e. The number of nitrogens with one attached hydrogen (secondary N) is 1. The van der Waals surface area contributed by atoms with Crippen LogP contribution in [-0.2, 0) is 0 Å². The Morgan fingerprint density at radius 3 is 1.61 bits per heavy atom. The van der Waals surface area contributed by atoms with Gasteiger partial charge < -0.3 is 19.4 Å². The molecule has 1 N–H and O–H groups in total. The lowest BCUT2D eigenvalue weighted by Gasteiger charge is -2.43. The van der Waals surface area contributed by atoms with Gasteiger partial charge >= 0.3 is 0 Å². The van der Waals surface area contributed by atoms with E-state index in [1.165, 1.54) is 66.1 Å². The van der Waals surface area contributed by atoms with Crippen LogP contribution in [0.3, 0.4) is 0 Å². The molecule has 0 spiro atoms. The van der Waals surface area contributed by atoms with E-state index in [4.69, 9.17) is 0 Å². The van der Waals surface area contributed by atoms with Crippen molar-refractivity contribution >= 4 is 55.0 Å². The Hall–Kier alpha value is -6.26. The second-order valence-corrected chi connectivity index (χ2v) is 13.1. The SMILES string of the molecule is CN1c2ccccc2NC(c2ccccc2)C1c1ccc(-n2c3ccccc3c3cc4c5ccccc5n(-c5ccccc5)c4cc32)cc1. The van der Waals surface area contributed by atoms with Crippen molar-refractivity contribution in [3.05, 3.63) is 181 Å². The van der Waals surface area contributed by atoms with Gasteiger partial charge in [-0.1, -0.05) is 109 Å². The average molecular weight is 631 g/mol. The first kappa shape index (κ1) is 27.8. The maximum absolute atomic E-state index is 3.88. The monoisotopic (exact) mass is 630 g/mol. The maximum Gasteiger partial charge on any atom is 0.0783 e. The number of para-hydroxylation sites is 5. The second-order valence-electron chi connectivity index (χ2n) is 13.1. The number of likely N-dealkylation sites (N-methyl/N-ethyl adjacent to an activating group) is 1. The predicted molar refractivity (Wildman–Crippen MR) is 206 cm³/mol. The summed E-state index contributed by atoms with van der Waals surface area (Å²) in [6.07, 6.45) is 0. The fraction of sp³-hybridized carbons (Fsp3) is 0.0667. The molecule has 4 nitrogen and oxygen atoms in total. The van der Waals surface area contributed by atoms with Crippen molar-refractivity contribution in [3.8, 4) is 11.4 Å². The maximum atomic E-state index is 3.88. The van der Waals surface area contributed by atoms with Crippen LogP contribution in [-0.4, -0.2) is 16.2 Å². The fourth-order valence-corrected chi connectivity index (χ4v) is 8.25. The van der Waals surface area contributed by atoms with Crippen molar-refractivity contribution in [2.75, 3.05) is 17.3 Å². The lowest BCUT2D eigenvalue weighted by Crippen LogP contribution is -2.37. The number of aromatic nitrogens is 2. The van der Waals surface area contributed by atoms with Crippen molar-refractivity contribution < 1.29 is 0 Å². The van der Waals surface area contributed by atoms with E-state index in [0.717, 1.165) is 11.4 Å². The molecule has 7 aromatic carbocycles. The molecule has 0 saturated heterocycles. The van der Waals surface area contributed by atoms with Gasteiger partial charge in [-0.3, -0.25) is 0 Å². The van der Waals surface area contributed by atoms with Crippen molar-refractivity contribution in [3.63, 3.8) is 0 Å². The number of rotatable bonds is 4. The summed E-state index contributed by atoms with van der Waals surface area (Å²) in [5, 5.41) is 8.94. The Morgan fingerprint density at radius 2 is 0.959 bits per heavy atom. The highest BCUT2D eigenvalue weighted by Crippen LogP contribution is 2.46. The van der Waals surface area contributed by atoms with Crippen LogP contribution in [0.4, 0.5) is 11.4 Å². The van der Waals surface area contributed by atoms with Gasteiger partial charge in [-0.2, -0.15) is 0 Å².